The summed E-state index contributed by atoms with van der Waals surface area (Å²) in [4.78, 5) is 13.1. The lowest BCUT2D eigenvalue weighted by Gasteiger charge is -2.36. The van der Waals surface area contributed by atoms with Crippen molar-refractivity contribution in [3.63, 3.8) is 0 Å². The van der Waals surface area contributed by atoms with Crippen LogP contribution in [-0.4, -0.2) is 54.4 Å². The van der Waals surface area contributed by atoms with Gasteiger partial charge in [-0.3, -0.25) is 9.69 Å². The van der Waals surface area contributed by atoms with Gasteiger partial charge in [-0.15, -0.1) is 0 Å². The average Bonchev–Trinajstić information content (AvgIpc) is 2.82. The minimum atomic E-state index is -0.776. The highest BCUT2D eigenvalue weighted by atomic mass is 16.5. The molecule has 2 heterocycles. The molecule has 21 heavy (non-hydrogen) atoms. The zero-order chi connectivity index (χ0) is 14.8. The van der Waals surface area contributed by atoms with E-state index in [2.05, 4.69) is 24.0 Å². The van der Waals surface area contributed by atoms with Gasteiger partial charge in [-0.2, -0.15) is 0 Å². The Bertz CT molecular complexity index is 531. The largest absolute Gasteiger partial charge is 0.488 e. The van der Waals surface area contributed by atoms with Crippen molar-refractivity contribution in [2.75, 3.05) is 26.3 Å². The number of rotatable bonds is 4. The van der Waals surface area contributed by atoms with Crippen molar-refractivity contribution < 1.29 is 19.4 Å². The van der Waals surface area contributed by atoms with Crippen molar-refractivity contribution in [3.8, 4) is 5.75 Å². The molecule has 0 spiro atoms. The number of fused-ring (bicyclic) bond motifs is 1. The second-order valence-corrected chi connectivity index (χ2v) is 5.88. The lowest BCUT2D eigenvalue weighted by atomic mass is 10.1. The molecule has 2 atom stereocenters. The van der Waals surface area contributed by atoms with Gasteiger partial charge in [-0.05, 0) is 18.6 Å². The fraction of sp³-hybridized carbons (Fsp3) is 0.562. The Balaban J connectivity index is 1.62. The summed E-state index contributed by atoms with van der Waals surface area (Å²) in [5.74, 6) is 0.190. The van der Waals surface area contributed by atoms with Crippen LogP contribution in [0.15, 0.2) is 18.2 Å². The number of aryl methyl sites for hydroxylation is 1. The number of carboxylic acid groups (broad SMARTS) is 1. The first kappa shape index (κ1) is 14.4. The van der Waals surface area contributed by atoms with Crippen LogP contribution in [0.5, 0.6) is 5.75 Å². The SMILES string of the molecule is Cc1ccc2c(c1)CC(CN1CCOCC1CC(=O)O)O2. The maximum atomic E-state index is 11.0. The molecule has 1 fully saturated rings. The van der Waals surface area contributed by atoms with Gasteiger partial charge >= 0.3 is 5.97 Å². The van der Waals surface area contributed by atoms with Crippen LogP contribution in [0.1, 0.15) is 17.5 Å². The molecule has 2 unspecified atom stereocenters. The second-order valence-electron chi connectivity index (χ2n) is 5.88. The zero-order valence-corrected chi connectivity index (χ0v) is 12.2. The van der Waals surface area contributed by atoms with Crippen molar-refractivity contribution in [2.24, 2.45) is 0 Å². The molecule has 0 aliphatic carbocycles. The first-order valence-corrected chi connectivity index (χ1v) is 7.41. The van der Waals surface area contributed by atoms with E-state index in [0.29, 0.717) is 13.2 Å². The van der Waals surface area contributed by atoms with Crippen LogP contribution in [-0.2, 0) is 16.0 Å². The quantitative estimate of drug-likeness (QED) is 0.910. The predicted octanol–water partition coefficient (Wildman–Crippen LogP) is 1.47. The minimum Gasteiger partial charge on any atom is -0.488 e. The molecule has 0 saturated carbocycles. The molecule has 1 aromatic carbocycles. The molecule has 1 N–H and O–H groups in total. The Morgan fingerprint density at radius 1 is 1.48 bits per heavy atom. The normalized spacial score (nSPS) is 25.4. The number of carboxylic acids is 1. The van der Waals surface area contributed by atoms with E-state index in [0.717, 1.165) is 25.3 Å². The van der Waals surface area contributed by atoms with E-state index in [1.807, 2.05) is 6.07 Å². The molecule has 0 aromatic heterocycles. The highest BCUT2D eigenvalue weighted by Gasteiger charge is 2.30. The molecule has 5 heteroatoms. The summed E-state index contributed by atoms with van der Waals surface area (Å²) in [5, 5.41) is 9.00. The molecule has 3 rings (SSSR count). The Labute approximate surface area is 124 Å². The van der Waals surface area contributed by atoms with Crippen molar-refractivity contribution >= 4 is 5.97 Å². The van der Waals surface area contributed by atoms with Crippen LogP contribution >= 0.6 is 0 Å². The van der Waals surface area contributed by atoms with E-state index in [4.69, 9.17) is 14.6 Å². The summed E-state index contributed by atoms with van der Waals surface area (Å²) in [5.41, 5.74) is 2.50. The molecule has 114 valence electrons. The Morgan fingerprint density at radius 3 is 3.14 bits per heavy atom. The number of carbonyl (C=O) groups is 1. The lowest BCUT2D eigenvalue weighted by molar-refractivity contribution is -0.140. The fourth-order valence-corrected chi connectivity index (χ4v) is 3.13. The number of hydrogen-bond donors (Lipinski definition) is 1. The van der Waals surface area contributed by atoms with Gasteiger partial charge in [0.15, 0.2) is 0 Å². The Hall–Kier alpha value is -1.59. The smallest absolute Gasteiger partial charge is 0.305 e. The van der Waals surface area contributed by atoms with Crippen molar-refractivity contribution in [1.29, 1.82) is 0 Å². The van der Waals surface area contributed by atoms with E-state index in [1.165, 1.54) is 11.1 Å². The van der Waals surface area contributed by atoms with Gasteiger partial charge in [-0.1, -0.05) is 17.7 Å². The summed E-state index contributed by atoms with van der Waals surface area (Å²) in [6, 6.07) is 6.20. The summed E-state index contributed by atoms with van der Waals surface area (Å²) in [6.07, 6.45) is 1.13. The molecule has 2 aliphatic heterocycles. The average molecular weight is 291 g/mol. The van der Waals surface area contributed by atoms with E-state index < -0.39 is 5.97 Å². The second kappa shape index (κ2) is 6.03. The number of morpholine rings is 1. The maximum absolute atomic E-state index is 11.0. The van der Waals surface area contributed by atoms with Crippen LogP contribution in [0.3, 0.4) is 0 Å². The first-order valence-electron chi connectivity index (χ1n) is 7.41. The number of ether oxygens (including phenoxy) is 2. The third-order valence-electron chi connectivity index (χ3n) is 4.16. The highest BCUT2D eigenvalue weighted by Crippen LogP contribution is 2.30. The lowest BCUT2D eigenvalue weighted by Crippen LogP contribution is -2.50. The van der Waals surface area contributed by atoms with E-state index >= 15 is 0 Å². The van der Waals surface area contributed by atoms with Crippen LogP contribution < -0.4 is 4.74 Å². The van der Waals surface area contributed by atoms with E-state index in [-0.39, 0.29) is 18.6 Å². The third kappa shape index (κ3) is 3.36. The number of hydrogen-bond acceptors (Lipinski definition) is 4. The Morgan fingerprint density at radius 2 is 2.33 bits per heavy atom. The minimum absolute atomic E-state index is 0.0506. The predicted molar refractivity (Wildman–Crippen MR) is 77.7 cm³/mol. The van der Waals surface area contributed by atoms with Crippen LogP contribution in [0.25, 0.3) is 0 Å². The van der Waals surface area contributed by atoms with Gasteiger partial charge in [0.2, 0.25) is 0 Å². The summed E-state index contributed by atoms with van der Waals surface area (Å²) < 4.78 is 11.4. The maximum Gasteiger partial charge on any atom is 0.305 e. The topological polar surface area (TPSA) is 59.0 Å². The van der Waals surface area contributed by atoms with Gasteiger partial charge in [0, 0.05) is 25.6 Å². The number of nitrogens with zero attached hydrogens (tertiary/aromatic N) is 1. The van der Waals surface area contributed by atoms with Crippen molar-refractivity contribution in [1.82, 2.24) is 4.90 Å². The highest BCUT2D eigenvalue weighted by molar-refractivity contribution is 5.67. The summed E-state index contributed by atoms with van der Waals surface area (Å²) >= 11 is 0. The monoisotopic (exact) mass is 291 g/mol. The zero-order valence-electron chi connectivity index (χ0n) is 12.2. The molecule has 2 aliphatic rings. The summed E-state index contributed by atoms with van der Waals surface area (Å²) in [7, 11) is 0. The van der Waals surface area contributed by atoms with Gasteiger partial charge < -0.3 is 14.6 Å². The third-order valence-corrected chi connectivity index (χ3v) is 4.16. The number of aliphatic carboxylic acids is 1. The first-order chi connectivity index (χ1) is 10.1. The van der Waals surface area contributed by atoms with Crippen LogP contribution in [0, 0.1) is 6.92 Å². The Kier molecular flexibility index (Phi) is 4.12. The fourth-order valence-electron chi connectivity index (χ4n) is 3.13. The van der Waals surface area contributed by atoms with Gasteiger partial charge in [-0.25, -0.2) is 0 Å². The molecule has 0 bridgehead atoms. The standard InChI is InChI=1S/C16H21NO4/c1-11-2-3-15-12(6-11)7-14(21-15)9-17-4-5-20-10-13(17)8-16(18)19/h2-3,6,13-14H,4-5,7-10H2,1H3,(H,18,19). The van der Waals surface area contributed by atoms with Crippen LogP contribution in [0.2, 0.25) is 0 Å². The molecule has 0 radical (unpaired) electrons. The molecule has 1 saturated heterocycles. The summed E-state index contributed by atoms with van der Waals surface area (Å²) in [6.45, 7) is 4.76. The molecule has 1 aromatic rings. The van der Waals surface area contributed by atoms with E-state index in [1.54, 1.807) is 0 Å². The molecule has 5 nitrogen and oxygen atoms in total. The molecular formula is C16H21NO4. The van der Waals surface area contributed by atoms with Crippen LogP contribution in [0.4, 0.5) is 0 Å². The molecular weight excluding hydrogens is 270 g/mol. The number of benzene rings is 1. The van der Waals surface area contributed by atoms with Gasteiger partial charge in [0.05, 0.1) is 19.6 Å². The van der Waals surface area contributed by atoms with Crippen molar-refractivity contribution in [2.45, 2.75) is 31.9 Å². The van der Waals surface area contributed by atoms with Gasteiger partial charge in [0.25, 0.3) is 0 Å². The molecule has 0 amide bonds. The van der Waals surface area contributed by atoms with E-state index in [9.17, 15) is 4.79 Å². The van der Waals surface area contributed by atoms with Gasteiger partial charge in [0.1, 0.15) is 11.9 Å². The van der Waals surface area contributed by atoms with Crippen molar-refractivity contribution in [3.05, 3.63) is 29.3 Å².